The van der Waals surface area contributed by atoms with E-state index in [4.69, 9.17) is 9.47 Å². The lowest BCUT2D eigenvalue weighted by Gasteiger charge is -2.37. The summed E-state index contributed by atoms with van der Waals surface area (Å²) in [6, 6.07) is 12.0. The van der Waals surface area contributed by atoms with E-state index in [1.54, 1.807) is 6.20 Å². The second-order valence-corrected chi connectivity index (χ2v) is 7.73. The average molecular weight is 381 g/mol. The zero-order chi connectivity index (χ0) is 19.6. The van der Waals surface area contributed by atoms with Crippen molar-refractivity contribution >= 4 is 17.4 Å². The molecule has 6 heteroatoms. The van der Waals surface area contributed by atoms with Gasteiger partial charge in [0.25, 0.3) is 5.91 Å². The summed E-state index contributed by atoms with van der Waals surface area (Å²) >= 11 is 0. The predicted octanol–water partition coefficient (Wildman–Crippen LogP) is 3.93. The van der Waals surface area contributed by atoms with Gasteiger partial charge in [0.15, 0.2) is 5.79 Å². The molecule has 0 radical (unpaired) electrons. The van der Waals surface area contributed by atoms with Gasteiger partial charge in [-0.1, -0.05) is 26.0 Å². The minimum atomic E-state index is -0.464. The van der Waals surface area contributed by atoms with Crippen LogP contribution in [-0.2, 0) is 9.47 Å². The van der Waals surface area contributed by atoms with Gasteiger partial charge in [0.2, 0.25) is 0 Å². The van der Waals surface area contributed by atoms with Crippen molar-refractivity contribution in [1.29, 1.82) is 0 Å². The molecule has 2 aliphatic heterocycles. The van der Waals surface area contributed by atoms with Crippen LogP contribution in [0.15, 0.2) is 42.6 Å². The van der Waals surface area contributed by atoms with Crippen LogP contribution in [0.4, 0.5) is 11.5 Å². The zero-order valence-corrected chi connectivity index (χ0v) is 16.5. The molecule has 6 nitrogen and oxygen atoms in total. The van der Waals surface area contributed by atoms with E-state index in [1.165, 1.54) is 5.56 Å². The van der Waals surface area contributed by atoms with Crippen LogP contribution >= 0.6 is 0 Å². The summed E-state index contributed by atoms with van der Waals surface area (Å²) < 4.78 is 11.5. The van der Waals surface area contributed by atoms with E-state index in [0.717, 1.165) is 24.3 Å². The summed E-state index contributed by atoms with van der Waals surface area (Å²) in [6.07, 6.45) is 3.08. The minimum Gasteiger partial charge on any atom is -0.347 e. The molecule has 2 fully saturated rings. The number of nitrogens with zero attached hydrogens (tertiary/aromatic N) is 2. The standard InChI is InChI=1S/C22H27N3O3/c1-16(2)17-3-6-19(7-4-17)24-20-8-5-18(15-23-20)21(26)25-11-9-22(10-12-25)27-13-14-28-22/h3-8,15-16H,9-14H2,1-2H3,(H,23,24). The van der Waals surface area contributed by atoms with Crippen molar-refractivity contribution in [2.45, 2.75) is 38.4 Å². The van der Waals surface area contributed by atoms with Crippen LogP contribution in [0.5, 0.6) is 0 Å². The molecule has 1 N–H and O–H groups in total. The highest BCUT2D eigenvalue weighted by atomic mass is 16.7. The third kappa shape index (κ3) is 4.03. The molecular weight excluding hydrogens is 354 g/mol. The number of piperidine rings is 1. The number of aromatic nitrogens is 1. The molecule has 1 amide bonds. The lowest BCUT2D eigenvalue weighted by Crippen LogP contribution is -2.47. The average Bonchev–Trinajstić information content (AvgIpc) is 3.17. The fraction of sp³-hybridized carbons (Fsp3) is 0.455. The Morgan fingerprint density at radius 2 is 1.75 bits per heavy atom. The number of hydrogen-bond acceptors (Lipinski definition) is 5. The van der Waals surface area contributed by atoms with Crippen molar-refractivity contribution < 1.29 is 14.3 Å². The molecule has 0 aliphatic carbocycles. The number of likely N-dealkylation sites (tertiary alicyclic amines) is 1. The van der Waals surface area contributed by atoms with Crippen LogP contribution < -0.4 is 5.32 Å². The molecule has 0 bridgehead atoms. The first-order valence-corrected chi connectivity index (χ1v) is 9.95. The maximum atomic E-state index is 12.8. The van der Waals surface area contributed by atoms with Gasteiger partial charge in [0.05, 0.1) is 18.8 Å². The monoisotopic (exact) mass is 381 g/mol. The van der Waals surface area contributed by atoms with E-state index in [2.05, 4.69) is 36.3 Å². The molecule has 1 aromatic heterocycles. The van der Waals surface area contributed by atoms with E-state index >= 15 is 0 Å². The Balaban J connectivity index is 1.35. The van der Waals surface area contributed by atoms with Gasteiger partial charge >= 0.3 is 0 Å². The normalized spacial score (nSPS) is 18.6. The Morgan fingerprint density at radius 1 is 1.07 bits per heavy atom. The molecule has 0 saturated carbocycles. The summed E-state index contributed by atoms with van der Waals surface area (Å²) in [4.78, 5) is 19.0. The van der Waals surface area contributed by atoms with Crippen molar-refractivity contribution in [3.05, 3.63) is 53.7 Å². The third-order valence-electron chi connectivity index (χ3n) is 5.49. The number of rotatable bonds is 4. The minimum absolute atomic E-state index is 0.00758. The molecule has 2 saturated heterocycles. The van der Waals surface area contributed by atoms with Gasteiger partial charge in [-0.3, -0.25) is 4.79 Å². The summed E-state index contributed by atoms with van der Waals surface area (Å²) in [5.41, 5.74) is 2.88. The summed E-state index contributed by atoms with van der Waals surface area (Å²) in [6.45, 7) is 6.92. The van der Waals surface area contributed by atoms with Gasteiger partial charge in [-0.15, -0.1) is 0 Å². The largest absolute Gasteiger partial charge is 0.347 e. The van der Waals surface area contributed by atoms with Crippen LogP contribution in [0.2, 0.25) is 0 Å². The Kier molecular flexibility index (Phi) is 5.33. The van der Waals surface area contributed by atoms with Gasteiger partial charge in [0, 0.05) is 37.8 Å². The topological polar surface area (TPSA) is 63.7 Å². The predicted molar refractivity (Wildman–Crippen MR) is 108 cm³/mol. The number of carbonyl (C=O) groups excluding carboxylic acids is 1. The Hall–Kier alpha value is -2.44. The molecule has 2 aliphatic rings. The fourth-order valence-corrected chi connectivity index (χ4v) is 3.71. The maximum Gasteiger partial charge on any atom is 0.255 e. The first kappa shape index (κ1) is 18.9. The molecule has 4 rings (SSSR count). The van der Waals surface area contributed by atoms with Crippen LogP contribution in [0.1, 0.15) is 48.5 Å². The number of nitrogens with one attached hydrogen (secondary N) is 1. The molecule has 3 heterocycles. The first-order valence-electron chi connectivity index (χ1n) is 9.95. The molecule has 148 valence electrons. The van der Waals surface area contributed by atoms with E-state index in [0.29, 0.717) is 37.8 Å². The number of carbonyl (C=O) groups is 1. The number of hydrogen-bond donors (Lipinski definition) is 1. The van der Waals surface area contributed by atoms with Crippen LogP contribution in [0.3, 0.4) is 0 Å². The van der Waals surface area contributed by atoms with Crippen molar-refractivity contribution in [3.8, 4) is 0 Å². The van der Waals surface area contributed by atoms with Crippen molar-refractivity contribution in [2.75, 3.05) is 31.6 Å². The lowest BCUT2D eigenvalue weighted by molar-refractivity contribution is -0.181. The molecule has 28 heavy (non-hydrogen) atoms. The number of pyridine rings is 1. The van der Waals surface area contributed by atoms with Crippen molar-refractivity contribution in [1.82, 2.24) is 9.88 Å². The maximum absolute atomic E-state index is 12.8. The molecular formula is C22H27N3O3. The fourth-order valence-electron chi connectivity index (χ4n) is 3.71. The highest BCUT2D eigenvalue weighted by Gasteiger charge is 2.40. The number of amides is 1. The molecule has 1 spiro atoms. The van der Waals surface area contributed by atoms with Crippen LogP contribution in [0.25, 0.3) is 0 Å². The van der Waals surface area contributed by atoms with Crippen molar-refractivity contribution in [3.63, 3.8) is 0 Å². The number of ether oxygens (including phenoxy) is 2. The zero-order valence-electron chi connectivity index (χ0n) is 16.5. The van der Waals surface area contributed by atoms with E-state index in [1.807, 2.05) is 29.2 Å². The quantitative estimate of drug-likeness (QED) is 0.869. The Bertz CT molecular complexity index is 802. The van der Waals surface area contributed by atoms with Gasteiger partial charge < -0.3 is 19.7 Å². The van der Waals surface area contributed by atoms with Gasteiger partial charge in [-0.2, -0.15) is 0 Å². The number of benzene rings is 1. The van der Waals surface area contributed by atoms with E-state index in [9.17, 15) is 4.79 Å². The second kappa shape index (κ2) is 7.89. The SMILES string of the molecule is CC(C)c1ccc(Nc2ccc(C(=O)N3CCC4(CC3)OCCO4)cn2)cc1. The second-order valence-electron chi connectivity index (χ2n) is 7.73. The molecule has 1 aromatic carbocycles. The lowest BCUT2D eigenvalue weighted by atomic mass is 10.0. The highest BCUT2D eigenvalue weighted by molar-refractivity contribution is 5.94. The van der Waals surface area contributed by atoms with Crippen LogP contribution in [0, 0.1) is 0 Å². The van der Waals surface area contributed by atoms with E-state index < -0.39 is 5.79 Å². The summed E-state index contributed by atoms with van der Waals surface area (Å²) in [5, 5.41) is 3.28. The van der Waals surface area contributed by atoms with Gasteiger partial charge in [-0.25, -0.2) is 4.98 Å². The summed E-state index contributed by atoms with van der Waals surface area (Å²) in [7, 11) is 0. The molecule has 0 unspecified atom stereocenters. The Morgan fingerprint density at radius 3 is 2.32 bits per heavy atom. The summed E-state index contributed by atoms with van der Waals surface area (Å²) in [5.74, 6) is 0.773. The molecule has 2 aromatic rings. The third-order valence-corrected chi connectivity index (χ3v) is 5.49. The Labute approximate surface area is 165 Å². The first-order chi connectivity index (χ1) is 13.5. The molecule has 0 atom stereocenters. The van der Waals surface area contributed by atoms with E-state index in [-0.39, 0.29) is 5.91 Å². The van der Waals surface area contributed by atoms with Gasteiger partial charge in [-0.05, 0) is 35.7 Å². The smallest absolute Gasteiger partial charge is 0.255 e. The van der Waals surface area contributed by atoms with Crippen LogP contribution in [-0.4, -0.2) is 47.9 Å². The van der Waals surface area contributed by atoms with Crippen molar-refractivity contribution in [2.24, 2.45) is 0 Å². The number of anilines is 2. The highest BCUT2D eigenvalue weighted by Crippen LogP contribution is 2.31. The van der Waals surface area contributed by atoms with Gasteiger partial charge in [0.1, 0.15) is 5.82 Å².